The van der Waals surface area contributed by atoms with Gasteiger partial charge in [-0.1, -0.05) is 6.08 Å². The summed E-state index contributed by atoms with van der Waals surface area (Å²) >= 11 is 0. The Morgan fingerprint density at radius 2 is 1.67 bits per heavy atom. The maximum absolute atomic E-state index is 10.9. The topological polar surface area (TPSA) is 148 Å². The average Bonchev–Trinajstić information content (AvgIpc) is 2.35. The fraction of sp³-hybridized carbons (Fsp3) is 0.700. The van der Waals surface area contributed by atoms with E-state index in [0.29, 0.717) is 0 Å². The van der Waals surface area contributed by atoms with Gasteiger partial charge >= 0.3 is 5.97 Å². The number of allylic oxidation sites excluding steroid dienone is 1. The van der Waals surface area contributed by atoms with Gasteiger partial charge in [-0.05, 0) is 6.92 Å². The maximum atomic E-state index is 10.9. The van der Waals surface area contributed by atoms with Crippen molar-refractivity contribution in [2.75, 3.05) is 6.61 Å². The molecule has 0 amide bonds. The smallest absolute Gasteiger partial charge is 0.332 e. The van der Waals surface area contributed by atoms with Crippen LogP contribution in [0.5, 0.6) is 0 Å². The lowest BCUT2D eigenvalue weighted by atomic mass is 10.0. The molecule has 0 aliphatic rings. The third-order valence-corrected chi connectivity index (χ3v) is 2.11. The lowest BCUT2D eigenvalue weighted by molar-refractivity contribution is -0.210. The summed E-state index contributed by atoms with van der Waals surface area (Å²) in [6.07, 6.45) is -7.41. The van der Waals surface area contributed by atoms with Gasteiger partial charge in [-0.2, -0.15) is 0 Å². The summed E-state index contributed by atoms with van der Waals surface area (Å²) in [6.45, 7) is 0.680. The molecule has 6 N–H and O–H groups in total. The number of carbonyl (C=O) groups is 1. The van der Waals surface area contributed by atoms with Crippen LogP contribution < -0.4 is 0 Å². The summed E-state index contributed by atoms with van der Waals surface area (Å²) in [7, 11) is 0. The van der Waals surface area contributed by atoms with Gasteiger partial charge < -0.3 is 35.4 Å². The van der Waals surface area contributed by atoms with Gasteiger partial charge in [-0.25, -0.2) is 4.79 Å². The van der Waals surface area contributed by atoms with Crippen molar-refractivity contribution in [1.82, 2.24) is 0 Å². The second kappa shape index (κ2) is 8.14. The summed E-state index contributed by atoms with van der Waals surface area (Å²) in [5.41, 5.74) is 0. The molecule has 0 aliphatic heterocycles. The van der Waals surface area contributed by atoms with Crippen LogP contribution in [0.3, 0.4) is 0 Å². The number of rotatable bonds is 7. The van der Waals surface area contributed by atoms with E-state index < -0.39 is 43.3 Å². The van der Waals surface area contributed by atoms with E-state index in [0.717, 1.165) is 6.08 Å². The van der Waals surface area contributed by atoms with Crippen LogP contribution in [0.15, 0.2) is 12.2 Å². The van der Waals surface area contributed by atoms with Crippen LogP contribution in [0.2, 0.25) is 0 Å². The molecular weight excluding hydrogens is 248 g/mol. The van der Waals surface area contributed by atoms with Crippen molar-refractivity contribution >= 4 is 5.97 Å². The Morgan fingerprint density at radius 3 is 2.11 bits per heavy atom. The van der Waals surface area contributed by atoms with Gasteiger partial charge in [0, 0.05) is 6.08 Å². The Labute approximate surface area is 103 Å². The van der Waals surface area contributed by atoms with Crippen LogP contribution in [0.1, 0.15) is 6.92 Å². The van der Waals surface area contributed by atoms with Crippen LogP contribution in [-0.4, -0.2) is 73.9 Å². The highest BCUT2D eigenvalue weighted by Gasteiger charge is 2.35. The van der Waals surface area contributed by atoms with Crippen LogP contribution in [0.4, 0.5) is 0 Å². The zero-order valence-electron chi connectivity index (χ0n) is 9.75. The van der Waals surface area contributed by atoms with Crippen molar-refractivity contribution in [3.63, 3.8) is 0 Å². The van der Waals surface area contributed by atoms with Gasteiger partial charge in [0.2, 0.25) is 6.29 Å². The molecule has 0 aromatic carbocycles. The zero-order valence-corrected chi connectivity index (χ0v) is 9.75. The van der Waals surface area contributed by atoms with Gasteiger partial charge in [0.25, 0.3) is 0 Å². The second-order valence-electron chi connectivity index (χ2n) is 3.55. The van der Waals surface area contributed by atoms with E-state index in [9.17, 15) is 25.2 Å². The first-order valence-corrected chi connectivity index (χ1v) is 5.19. The highest BCUT2D eigenvalue weighted by Crippen LogP contribution is 2.09. The minimum absolute atomic E-state index is 0.848. The van der Waals surface area contributed by atoms with E-state index in [-0.39, 0.29) is 0 Å². The number of aliphatic hydroxyl groups excluding tert-OH is 6. The quantitative estimate of drug-likeness (QED) is 0.161. The Bertz CT molecular complexity index is 279. The first kappa shape index (κ1) is 17.0. The first-order chi connectivity index (χ1) is 8.34. The minimum atomic E-state index is -2.08. The minimum Gasteiger partial charge on any atom is -0.430 e. The Balaban J connectivity index is 4.44. The molecule has 5 atom stereocenters. The molecule has 1 unspecified atom stereocenters. The molecule has 0 radical (unpaired) electrons. The highest BCUT2D eigenvalue weighted by atomic mass is 16.6. The van der Waals surface area contributed by atoms with Crippen molar-refractivity contribution in [2.24, 2.45) is 0 Å². The summed E-state index contributed by atoms with van der Waals surface area (Å²) in [4.78, 5) is 10.9. The molecule has 0 heterocycles. The highest BCUT2D eigenvalue weighted by molar-refractivity contribution is 5.81. The van der Waals surface area contributed by atoms with E-state index >= 15 is 0 Å². The monoisotopic (exact) mass is 266 g/mol. The van der Waals surface area contributed by atoms with Gasteiger partial charge in [0.1, 0.15) is 24.4 Å². The molecule has 106 valence electrons. The predicted molar refractivity (Wildman–Crippen MR) is 58.0 cm³/mol. The van der Waals surface area contributed by atoms with Gasteiger partial charge in [-0.15, -0.1) is 0 Å². The molecule has 0 saturated carbocycles. The van der Waals surface area contributed by atoms with Crippen molar-refractivity contribution in [3.05, 3.63) is 12.2 Å². The number of hydrogen-bond donors (Lipinski definition) is 6. The third kappa shape index (κ3) is 5.08. The van der Waals surface area contributed by atoms with E-state index in [2.05, 4.69) is 4.74 Å². The van der Waals surface area contributed by atoms with Crippen molar-refractivity contribution in [2.45, 2.75) is 37.6 Å². The number of esters is 1. The molecule has 18 heavy (non-hydrogen) atoms. The molecular formula is C10H18O8. The first-order valence-electron chi connectivity index (χ1n) is 5.19. The van der Waals surface area contributed by atoms with Gasteiger partial charge in [0.15, 0.2) is 0 Å². The number of aliphatic hydroxyl groups is 6. The Morgan fingerprint density at radius 1 is 1.11 bits per heavy atom. The van der Waals surface area contributed by atoms with Crippen molar-refractivity contribution < 1.29 is 40.2 Å². The maximum Gasteiger partial charge on any atom is 0.332 e. The molecule has 8 heteroatoms. The molecule has 0 saturated heterocycles. The molecule has 0 fully saturated rings. The Hall–Kier alpha value is -1.03. The summed E-state index contributed by atoms with van der Waals surface area (Å²) in [5.74, 6) is -0.951. The number of carbonyl (C=O) groups excluding carboxylic acids is 1. The molecule has 0 aromatic rings. The lowest BCUT2D eigenvalue weighted by Gasteiger charge is -2.27. The van der Waals surface area contributed by atoms with Crippen LogP contribution in [-0.2, 0) is 9.53 Å². The van der Waals surface area contributed by atoms with Crippen LogP contribution in [0.25, 0.3) is 0 Å². The summed E-state index contributed by atoms with van der Waals surface area (Å²) in [6, 6.07) is 0. The summed E-state index contributed by atoms with van der Waals surface area (Å²) in [5, 5.41) is 54.8. The number of hydrogen-bond acceptors (Lipinski definition) is 8. The van der Waals surface area contributed by atoms with Gasteiger partial charge in [-0.3, -0.25) is 0 Å². The van der Waals surface area contributed by atoms with E-state index in [4.69, 9.17) is 10.2 Å². The fourth-order valence-electron chi connectivity index (χ4n) is 1.07. The standard InChI is InChI=1S/C10H18O8/c1-2-3-6(13)18-10(17)9(16)8(15)7(14)5(12)4-11/h2-3,5,7-12,14-17H,4H2,1H3/b3-2+/t5-,7-,8+,9-,10?/m1/s1. The zero-order chi connectivity index (χ0) is 14.3. The normalized spacial score (nSPS) is 20.2. The van der Waals surface area contributed by atoms with Crippen LogP contribution in [0, 0.1) is 0 Å². The molecule has 0 rings (SSSR count). The number of ether oxygens (including phenoxy) is 1. The second-order valence-corrected chi connectivity index (χ2v) is 3.55. The van der Waals surface area contributed by atoms with Gasteiger partial charge in [0.05, 0.1) is 6.61 Å². The van der Waals surface area contributed by atoms with Crippen LogP contribution >= 0.6 is 0 Å². The molecule has 0 aromatic heterocycles. The third-order valence-electron chi connectivity index (χ3n) is 2.11. The largest absolute Gasteiger partial charge is 0.430 e. The van der Waals surface area contributed by atoms with E-state index in [1.165, 1.54) is 13.0 Å². The van der Waals surface area contributed by atoms with E-state index in [1.807, 2.05) is 0 Å². The molecule has 0 aliphatic carbocycles. The van der Waals surface area contributed by atoms with Crippen molar-refractivity contribution in [3.8, 4) is 0 Å². The van der Waals surface area contributed by atoms with Crippen molar-refractivity contribution in [1.29, 1.82) is 0 Å². The van der Waals surface area contributed by atoms with E-state index in [1.54, 1.807) is 0 Å². The fourth-order valence-corrected chi connectivity index (χ4v) is 1.07. The molecule has 8 nitrogen and oxygen atoms in total. The lowest BCUT2D eigenvalue weighted by Crippen LogP contribution is -2.50. The average molecular weight is 266 g/mol. The molecule has 0 spiro atoms. The SMILES string of the molecule is C/C=C/C(=O)OC(O)[C@H](O)[C@@H](O)[C@H](O)[C@H](O)CO. The molecule has 0 bridgehead atoms. The Kier molecular flexibility index (Phi) is 7.67. The predicted octanol–water partition coefficient (Wildman–Crippen LogP) is -3.14. The summed E-state index contributed by atoms with van der Waals surface area (Å²) < 4.78 is 4.30.